The molecule has 1 aromatic carbocycles. The van der Waals surface area contributed by atoms with Gasteiger partial charge in [-0.2, -0.15) is 5.10 Å². The SMILES string of the molecule is CCCCc1c(CCC)nn(-c2ccccc2C)c1O. The molecular formula is C17H24N2O. The van der Waals surface area contributed by atoms with E-state index in [4.69, 9.17) is 0 Å². The Morgan fingerprint density at radius 3 is 2.50 bits per heavy atom. The molecule has 0 fully saturated rings. The molecule has 0 saturated carbocycles. The quantitative estimate of drug-likeness (QED) is 0.856. The second kappa shape index (κ2) is 6.60. The fourth-order valence-corrected chi connectivity index (χ4v) is 2.50. The summed E-state index contributed by atoms with van der Waals surface area (Å²) in [6, 6.07) is 8.03. The number of benzene rings is 1. The highest BCUT2D eigenvalue weighted by Gasteiger charge is 2.17. The maximum atomic E-state index is 10.5. The third-order valence-corrected chi connectivity index (χ3v) is 3.65. The zero-order chi connectivity index (χ0) is 14.5. The van der Waals surface area contributed by atoms with Gasteiger partial charge in [0.1, 0.15) is 0 Å². The number of unbranched alkanes of at least 4 members (excludes halogenated alkanes) is 1. The Hall–Kier alpha value is -1.77. The van der Waals surface area contributed by atoms with Crippen molar-refractivity contribution in [3.05, 3.63) is 41.1 Å². The Labute approximate surface area is 121 Å². The minimum Gasteiger partial charge on any atom is -0.493 e. The van der Waals surface area contributed by atoms with Gasteiger partial charge in [0, 0.05) is 5.56 Å². The highest BCUT2D eigenvalue weighted by Crippen LogP contribution is 2.28. The van der Waals surface area contributed by atoms with Gasteiger partial charge in [-0.3, -0.25) is 0 Å². The molecule has 0 radical (unpaired) electrons. The standard InChI is InChI=1S/C17H24N2O/c1-4-6-11-14-15(9-5-2)18-19(17(14)20)16-12-8-7-10-13(16)3/h7-8,10,12,20H,4-6,9,11H2,1-3H3. The van der Waals surface area contributed by atoms with Crippen LogP contribution in [0.4, 0.5) is 0 Å². The lowest BCUT2D eigenvalue weighted by Crippen LogP contribution is -1.99. The summed E-state index contributed by atoms with van der Waals surface area (Å²) in [4.78, 5) is 0. The summed E-state index contributed by atoms with van der Waals surface area (Å²) in [6.07, 6.45) is 5.09. The number of para-hydroxylation sites is 1. The van der Waals surface area contributed by atoms with Crippen molar-refractivity contribution in [1.29, 1.82) is 0 Å². The fourth-order valence-electron chi connectivity index (χ4n) is 2.50. The molecule has 1 N–H and O–H groups in total. The normalized spacial score (nSPS) is 10.9. The van der Waals surface area contributed by atoms with Crippen LogP contribution in [0.5, 0.6) is 5.88 Å². The maximum absolute atomic E-state index is 10.5. The van der Waals surface area contributed by atoms with E-state index in [0.717, 1.165) is 54.6 Å². The zero-order valence-electron chi connectivity index (χ0n) is 12.7. The fraction of sp³-hybridized carbons (Fsp3) is 0.471. The van der Waals surface area contributed by atoms with Gasteiger partial charge in [0.2, 0.25) is 5.88 Å². The second-order valence-corrected chi connectivity index (χ2v) is 5.30. The summed E-state index contributed by atoms with van der Waals surface area (Å²) in [7, 11) is 0. The van der Waals surface area contributed by atoms with Crippen LogP contribution in [0.25, 0.3) is 5.69 Å². The average Bonchev–Trinajstić information content (AvgIpc) is 2.74. The van der Waals surface area contributed by atoms with Crippen LogP contribution in [0.1, 0.15) is 49.9 Å². The van der Waals surface area contributed by atoms with Crippen molar-refractivity contribution in [3.63, 3.8) is 0 Å². The van der Waals surface area contributed by atoms with Gasteiger partial charge in [0.15, 0.2) is 0 Å². The predicted molar refractivity (Wildman–Crippen MR) is 82.6 cm³/mol. The molecule has 2 rings (SSSR count). The monoisotopic (exact) mass is 272 g/mol. The van der Waals surface area contributed by atoms with Crippen molar-refractivity contribution in [2.75, 3.05) is 0 Å². The Morgan fingerprint density at radius 1 is 1.10 bits per heavy atom. The molecule has 0 aliphatic heterocycles. The largest absolute Gasteiger partial charge is 0.493 e. The van der Waals surface area contributed by atoms with Gasteiger partial charge in [-0.25, -0.2) is 4.68 Å². The molecule has 0 aliphatic rings. The first-order valence-corrected chi connectivity index (χ1v) is 7.54. The molecule has 0 unspecified atom stereocenters. The molecule has 1 heterocycles. The maximum Gasteiger partial charge on any atom is 0.217 e. The van der Waals surface area contributed by atoms with E-state index < -0.39 is 0 Å². The van der Waals surface area contributed by atoms with Crippen LogP contribution >= 0.6 is 0 Å². The first-order valence-electron chi connectivity index (χ1n) is 7.54. The van der Waals surface area contributed by atoms with E-state index in [1.165, 1.54) is 0 Å². The molecule has 108 valence electrons. The number of aryl methyl sites for hydroxylation is 2. The Morgan fingerprint density at radius 2 is 1.85 bits per heavy atom. The number of hydrogen-bond acceptors (Lipinski definition) is 2. The number of aromatic nitrogens is 2. The van der Waals surface area contributed by atoms with Gasteiger partial charge in [-0.15, -0.1) is 0 Å². The molecule has 0 spiro atoms. The van der Waals surface area contributed by atoms with Gasteiger partial charge in [0.05, 0.1) is 11.4 Å². The van der Waals surface area contributed by atoms with E-state index in [0.29, 0.717) is 5.88 Å². The first kappa shape index (κ1) is 14.6. The summed E-state index contributed by atoms with van der Waals surface area (Å²) in [5.41, 5.74) is 4.15. The number of aromatic hydroxyl groups is 1. The summed E-state index contributed by atoms with van der Waals surface area (Å²) >= 11 is 0. The average molecular weight is 272 g/mol. The third-order valence-electron chi connectivity index (χ3n) is 3.65. The van der Waals surface area contributed by atoms with E-state index in [1.807, 2.05) is 31.2 Å². The van der Waals surface area contributed by atoms with Gasteiger partial charge >= 0.3 is 0 Å². The Balaban J connectivity index is 2.46. The van der Waals surface area contributed by atoms with Crippen molar-refractivity contribution >= 4 is 0 Å². The molecule has 0 saturated heterocycles. The van der Waals surface area contributed by atoms with Crippen LogP contribution in [-0.2, 0) is 12.8 Å². The smallest absolute Gasteiger partial charge is 0.217 e. The van der Waals surface area contributed by atoms with Crippen molar-refractivity contribution in [3.8, 4) is 11.6 Å². The van der Waals surface area contributed by atoms with Gasteiger partial charge in [0.25, 0.3) is 0 Å². The van der Waals surface area contributed by atoms with E-state index in [-0.39, 0.29) is 0 Å². The lowest BCUT2D eigenvalue weighted by atomic mass is 10.1. The molecule has 20 heavy (non-hydrogen) atoms. The molecular weight excluding hydrogens is 248 g/mol. The first-order chi connectivity index (χ1) is 9.69. The predicted octanol–water partition coefficient (Wildman–Crippen LogP) is 4.18. The van der Waals surface area contributed by atoms with Crippen LogP contribution in [0.2, 0.25) is 0 Å². The second-order valence-electron chi connectivity index (χ2n) is 5.30. The van der Waals surface area contributed by atoms with Gasteiger partial charge in [-0.1, -0.05) is 44.9 Å². The topological polar surface area (TPSA) is 38.0 Å². The Kier molecular flexibility index (Phi) is 4.83. The third kappa shape index (κ3) is 2.87. The minimum absolute atomic E-state index is 0.316. The van der Waals surface area contributed by atoms with Crippen molar-refractivity contribution in [1.82, 2.24) is 9.78 Å². The highest BCUT2D eigenvalue weighted by molar-refractivity contribution is 5.45. The molecule has 0 atom stereocenters. The van der Waals surface area contributed by atoms with E-state index in [9.17, 15) is 5.11 Å². The summed E-state index contributed by atoms with van der Waals surface area (Å²) in [5.74, 6) is 0.316. The lowest BCUT2D eigenvalue weighted by Gasteiger charge is -2.06. The molecule has 0 aliphatic carbocycles. The van der Waals surface area contributed by atoms with E-state index in [1.54, 1.807) is 4.68 Å². The van der Waals surface area contributed by atoms with Gasteiger partial charge in [-0.05, 0) is 37.8 Å². The zero-order valence-corrected chi connectivity index (χ0v) is 12.7. The number of hydrogen-bond donors (Lipinski definition) is 1. The summed E-state index contributed by atoms with van der Waals surface area (Å²) in [5, 5.41) is 15.2. The minimum atomic E-state index is 0.316. The Bertz CT molecular complexity index is 572. The molecule has 3 nitrogen and oxygen atoms in total. The van der Waals surface area contributed by atoms with Crippen molar-refractivity contribution in [2.24, 2.45) is 0 Å². The summed E-state index contributed by atoms with van der Waals surface area (Å²) in [6.45, 7) is 6.36. The lowest BCUT2D eigenvalue weighted by molar-refractivity contribution is 0.427. The van der Waals surface area contributed by atoms with Gasteiger partial charge < -0.3 is 5.11 Å². The highest BCUT2D eigenvalue weighted by atomic mass is 16.3. The number of nitrogens with zero attached hydrogens (tertiary/aromatic N) is 2. The van der Waals surface area contributed by atoms with E-state index in [2.05, 4.69) is 18.9 Å². The molecule has 1 aromatic heterocycles. The van der Waals surface area contributed by atoms with Crippen LogP contribution in [0.3, 0.4) is 0 Å². The molecule has 3 heteroatoms. The molecule has 0 amide bonds. The number of rotatable bonds is 6. The van der Waals surface area contributed by atoms with Crippen molar-refractivity contribution in [2.45, 2.75) is 52.9 Å². The summed E-state index contributed by atoms with van der Waals surface area (Å²) < 4.78 is 1.70. The molecule has 0 bridgehead atoms. The van der Waals surface area contributed by atoms with Crippen LogP contribution in [0.15, 0.2) is 24.3 Å². The van der Waals surface area contributed by atoms with Crippen molar-refractivity contribution < 1.29 is 5.11 Å². The van der Waals surface area contributed by atoms with Crippen LogP contribution < -0.4 is 0 Å². The van der Waals surface area contributed by atoms with Crippen LogP contribution in [0, 0.1) is 6.92 Å². The van der Waals surface area contributed by atoms with Crippen LogP contribution in [-0.4, -0.2) is 14.9 Å². The molecule has 2 aromatic rings. The van der Waals surface area contributed by atoms with E-state index >= 15 is 0 Å².